The van der Waals surface area contributed by atoms with Crippen LogP contribution in [0.1, 0.15) is 0 Å². The molecule has 0 aliphatic heterocycles. The molecule has 0 spiro atoms. The highest BCUT2D eigenvalue weighted by atomic mass is 19.2. The molecule has 0 fully saturated rings. The molecule has 0 bridgehead atoms. The Morgan fingerprint density at radius 2 is 1.38 bits per heavy atom. The van der Waals surface area contributed by atoms with Crippen LogP contribution < -0.4 is 10.6 Å². The van der Waals surface area contributed by atoms with E-state index in [2.05, 4.69) is 5.32 Å². The fourth-order valence-electron chi connectivity index (χ4n) is 1.82. The molecule has 0 heterocycles. The average Bonchev–Trinajstić information content (AvgIpc) is 2.63. The van der Waals surface area contributed by atoms with E-state index in [-0.39, 0.29) is 5.69 Å². The molecule has 0 aromatic heterocycles. The van der Waals surface area contributed by atoms with Crippen LogP contribution in [0.3, 0.4) is 0 Å². The summed E-state index contributed by atoms with van der Waals surface area (Å²) in [6.45, 7) is 0. The fraction of sp³-hybridized carbons (Fsp3) is 0. The maximum absolute atomic E-state index is 13.6. The second-order valence-corrected chi connectivity index (χ2v) is 4.73. The highest BCUT2D eigenvalue weighted by molar-refractivity contribution is 6.07. The molecule has 2 aromatic rings. The first kappa shape index (κ1) is 18.7. The summed E-state index contributed by atoms with van der Waals surface area (Å²) in [6, 6.07) is 8.91. The SMILES string of the molecule is N#C/C(C(=O)Nc1ccccc1)=C(/O)Nc1c(F)c(F)c(F)c(F)c1F. The maximum atomic E-state index is 13.6. The number of carbonyl (C=O) groups excluding carboxylic acids is 1. The van der Waals surface area contributed by atoms with Crippen molar-refractivity contribution in [1.82, 2.24) is 0 Å². The van der Waals surface area contributed by atoms with Crippen LogP contribution in [-0.4, -0.2) is 11.0 Å². The Bertz CT molecular complexity index is 910. The van der Waals surface area contributed by atoms with Crippen LogP contribution >= 0.6 is 0 Å². The molecule has 0 unspecified atom stereocenters. The van der Waals surface area contributed by atoms with Gasteiger partial charge in [0.15, 0.2) is 28.8 Å². The molecule has 0 radical (unpaired) electrons. The van der Waals surface area contributed by atoms with Crippen molar-refractivity contribution >= 4 is 17.3 Å². The number of halogens is 5. The number of carbonyl (C=O) groups is 1. The van der Waals surface area contributed by atoms with E-state index >= 15 is 0 Å². The predicted molar refractivity (Wildman–Crippen MR) is 80.2 cm³/mol. The molecule has 5 nitrogen and oxygen atoms in total. The average molecular weight is 369 g/mol. The maximum Gasteiger partial charge on any atom is 0.271 e. The van der Waals surface area contributed by atoms with Crippen LogP contribution in [0.15, 0.2) is 41.8 Å². The Morgan fingerprint density at radius 1 is 0.885 bits per heavy atom. The zero-order valence-corrected chi connectivity index (χ0v) is 12.6. The Hall–Kier alpha value is -3.61. The van der Waals surface area contributed by atoms with Crippen molar-refractivity contribution in [2.75, 3.05) is 10.6 Å². The molecule has 1 amide bonds. The van der Waals surface area contributed by atoms with Crippen molar-refractivity contribution < 1.29 is 31.9 Å². The largest absolute Gasteiger partial charge is 0.493 e. The fourth-order valence-corrected chi connectivity index (χ4v) is 1.82. The van der Waals surface area contributed by atoms with Crippen LogP contribution in [0.2, 0.25) is 0 Å². The Balaban J connectivity index is 2.38. The first-order valence-corrected chi connectivity index (χ1v) is 6.76. The molecule has 3 N–H and O–H groups in total. The van der Waals surface area contributed by atoms with Gasteiger partial charge in [-0.15, -0.1) is 0 Å². The number of hydrogen-bond acceptors (Lipinski definition) is 4. The quantitative estimate of drug-likeness (QED) is 0.191. The van der Waals surface area contributed by atoms with E-state index in [0.29, 0.717) is 0 Å². The van der Waals surface area contributed by atoms with Crippen LogP contribution in [-0.2, 0) is 4.79 Å². The molecule has 134 valence electrons. The van der Waals surface area contributed by atoms with E-state index in [0.717, 1.165) is 0 Å². The van der Waals surface area contributed by atoms with Gasteiger partial charge in [-0.3, -0.25) is 4.79 Å². The first-order chi connectivity index (χ1) is 12.3. The third-order valence-electron chi connectivity index (χ3n) is 3.06. The van der Waals surface area contributed by atoms with E-state index in [1.807, 2.05) is 0 Å². The lowest BCUT2D eigenvalue weighted by Gasteiger charge is -2.11. The zero-order valence-electron chi connectivity index (χ0n) is 12.6. The van der Waals surface area contributed by atoms with Gasteiger partial charge in [-0.25, -0.2) is 22.0 Å². The second kappa shape index (κ2) is 7.52. The summed E-state index contributed by atoms with van der Waals surface area (Å²) in [6.07, 6.45) is 0. The summed E-state index contributed by atoms with van der Waals surface area (Å²) in [7, 11) is 0. The number of rotatable bonds is 4. The summed E-state index contributed by atoms with van der Waals surface area (Å²) in [5.74, 6) is -14.0. The number of nitrogens with one attached hydrogen (secondary N) is 2. The van der Waals surface area contributed by atoms with Gasteiger partial charge in [0.25, 0.3) is 5.91 Å². The first-order valence-electron chi connectivity index (χ1n) is 6.76. The predicted octanol–water partition coefficient (Wildman–Crippen LogP) is 3.73. The molecule has 0 saturated carbocycles. The lowest BCUT2D eigenvalue weighted by Crippen LogP contribution is -2.19. The Labute approximate surface area is 143 Å². The van der Waals surface area contributed by atoms with Gasteiger partial charge in [0.1, 0.15) is 11.8 Å². The van der Waals surface area contributed by atoms with Crippen molar-refractivity contribution in [1.29, 1.82) is 5.26 Å². The van der Waals surface area contributed by atoms with E-state index in [1.54, 1.807) is 18.2 Å². The van der Waals surface area contributed by atoms with Crippen LogP contribution in [0.5, 0.6) is 0 Å². The summed E-state index contributed by atoms with van der Waals surface area (Å²) < 4.78 is 66.4. The van der Waals surface area contributed by atoms with Crippen molar-refractivity contribution in [2.45, 2.75) is 0 Å². The molecule has 0 aliphatic rings. The van der Waals surface area contributed by atoms with Gasteiger partial charge in [-0.05, 0) is 12.1 Å². The lowest BCUT2D eigenvalue weighted by atomic mass is 10.2. The summed E-state index contributed by atoms with van der Waals surface area (Å²) in [4.78, 5) is 11.9. The van der Waals surface area contributed by atoms with Gasteiger partial charge in [-0.2, -0.15) is 5.26 Å². The zero-order chi connectivity index (χ0) is 19.4. The molecule has 0 aliphatic carbocycles. The number of anilines is 2. The van der Waals surface area contributed by atoms with Crippen LogP contribution in [0, 0.1) is 40.4 Å². The third-order valence-corrected chi connectivity index (χ3v) is 3.06. The highest BCUT2D eigenvalue weighted by Crippen LogP contribution is 2.28. The molecule has 26 heavy (non-hydrogen) atoms. The molecule has 10 heteroatoms. The number of aliphatic hydroxyl groups excluding tert-OH is 1. The smallest absolute Gasteiger partial charge is 0.271 e. The molecule has 2 rings (SSSR count). The Morgan fingerprint density at radius 3 is 1.88 bits per heavy atom. The van der Waals surface area contributed by atoms with Crippen molar-refractivity contribution in [3.8, 4) is 6.07 Å². The summed E-state index contributed by atoms with van der Waals surface area (Å²) >= 11 is 0. The van der Waals surface area contributed by atoms with Gasteiger partial charge in [0.2, 0.25) is 11.7 Å². The van der Waals surface area contributed by atoms with Crippen LogP contribution in [0.25, 0.3) is 0 Å². The van der Waals surface area contributed by atoms with Crippen molar-refractivity contribution in [3.05, 3.63) is 70.9 Å². The summed E-state index contributed by atoms with van der Waals surface area (Å²) in [5.41, 5.74) is -2.42. The van der Waals surface area contributed by atoms with Crippen LogP contribution in [0.4, 0.5) is 33.3 Å². The minimum Gasteiger partial charge on any atom is -0.493 e. The third kappa shape index (κ3) is 3.56. The number of hydrogen-bond donors (Lipinski definition) is 3. The number of nitrogens with zero attached hydrogens (tertiary/aromatic N) is 1. The normalized spacial score (nSPS) is 11.4. The van der Waals surface area contributed by atoms with E-state index in [9.17, 15) is 31.9 Å². The van der Waals surface area contributed by atoms with Gasteiger partial charge in [-0.1, -0.05) is 18.2 Å². The number of aliphatic hydroxyl groups is 1. The van der Waals surface area contributed by atoms with Gasteiger partial charge in [0, 0.05) is 5.69 Å². The molecule has 0 saturated heterocycles. The monoisotopic (exact) mass is 369 g/mol. The topological polar surface area (TPSA) is 85.2 Å². The minimum absolute atomic E-state index is 0.231. The molecule has 2 aromatic carbocycles. The van der Waals surface area contributed by atoms with Crippen molar-refractivity contribution in [2.24, 2.45) is 0 Å². The number of amides is 1. The second-order valence-electron chi connectivity index (χ2n) is 4.73. The van der Waals surface area contributed by atoms with E-state index in [4.69, 9.17) is 5.26 Å². The molecular formula is C16H8F5N3O2. The minimum atomic E-state index is -2.39. The van der Waals surface area contributed by atoms with Crippen molar-refractivity contribution in [3.63, 3.8) is 0 Å². The number of para-hydroxylation sites is 1. The number of benzene rings is 2. The standard InChI is InChI=1S/C16H8F5N3O2/c17-9-10(18)12(20)14(13(21)11(9)19)24-16(26)8(6-22)15(25)23-7-4-2-1-3-5-7/h1-5,24,26H,(H,23,25)/b16-8-. The van der Waals surface area contributed by atoms with Gasteiger partial charge >= 0.3 is 0 Å². The summed E-state index contributed by atoms with van der Waals surface area (Å²) in [5, 5.41) is 22.3. The van der Waals surface area contributed by atoms with Gasteiger partial charge < -0.3 is 15.7 Å². The van der Waals surface area contributed by atoms with E-state index < -0.39 is 52.1 Å². The number of nitriles is 1. The van der Waals surface area contributed by atoms with E-state index in [1.165, 1.54) is 23.5 Å². The molecular weight excluding hydrogens is 361 g/mol. The molecule has 0 atom stereocenters. The Kier molecular flexibility index (Phi) is 5.42. The lowest BCUT2D eigenvalue weighted by molar-refractivity contribution is -0.112. The highest BCUT2D eigenvalue weighted by Gasteiger charge is 2.27. The van der Waals surface area contributed by atoms with Gasteiger partial charge in [0.05, 0.1) is 0 Å².